The van der Waals surface area contributed by atoms with E-state index < -0.39 is 12.5 Å². The summed E-state index contributed by atoms with van der Waals surface area (Å²) >= 11 is 0. The van der Waals surface area contributed by atoms with E-state index in [-0.39, 0.29) is 24.1 Å². The number of hydrogen-bond acceptors (Lipinski definition) is 5. The van der Waals surface area contributed by atoms with Crippen molar-refractivity contribution in [3.63, 3.8) is 0 Å². The van der Waals surface area contributed by atoms with Crippen molar-refractivity contribution in [2.45, 2.75) is 19.4 Å². The summed E-state index contributed by atoms with van der Waals surface area (Å²) in [4.78, 5) is 2.15. The summed E-state index contributed by atoms with van der Waals surface area (Å²) in [5.74, 6) is 1.08. The topological polar surface area (TPSA) is 51.2 Å². The number of alkyl halides is 4. The first-order valence-electron chi connectivity index (χ1n) is 12.3. The second-order valence-corrected chi connectivity index (χ2v) is 9.49. The Labute approximate surface area is 217 Å². The minimum absolute atomic E-state index is 0.0659. The van der Waals surface area contributed by atoms with Gasteiger partial charge < -0.3 is 19.3 Å². The first kappa shape index (κ1) is 25.9. The van der Waals surface area contributed by atoms with Crippen LogP contribution in [0, 0.1) is 5.92 Å². The van der Waals surface area contributed by atoms with Crippen molar-refractivity contribution in [1.82, 2.24) is 4.90 Å². The van der Waals surface area contributed by atoms with Crippen molar-refractivity contribution in [3.05, 3.63) is 83.4 Å². The quantitative estimate of drug-likeness (QED) is 0.332. The van der Waals surface area contributed by atoms with Gasteiger partial charge in [0, 0.05) is 42.8 Å². The number of phenolic OH excluding ortho intramolecular Hbond substituents is 1. The second-order valence-electron chi connectivity index (χ2n) is 9.49. The minimum Gasteiger partial charge on any atom is -0.508 e. The number of halogens is 4. The number of hydrogen-bond donors (Lipinski definition) is 1. The zero-order valence-corrected chi connectivity index (χ0v) is 20.7. The third kappa shape index (κ3) is 5.72. The van der Waals surface area contributed by atoms with E-state index in [9.17, 15) is 22.7 Å². The number of allylic oxidation sites excluding steroid dienone is 1. The summed E-state index contributed by atoms with van der Waals surface area (Å²) in [6.45, 7) is 4.36. The molecule has 1 saturated heterocycles. The molecule has 0 aromatic heterocycles. The third-order valence-electron chi connectivity index (χ3n) is 6.79. The molecular formula is C29H27F4NO4. The lowest BCUT2D eigenvalue weighted by Crippen LogP contribution is -2.49. The fraction of sp³-hybridized carbons (Fsp3) is 0.310. The van der Waals surface area contributed by atoms with Gasteiger partial charge >= 0.3 is 6.36 Å². The van der Waals surface area contributed by atoms with Gasteiger partial charge in [0.05, 0.1) is 6.67 Å². The highest BCUT2D eigenvalue weighted by Crippen LogP contribution is 2.47. The number of fused-ring (bicyclic) bond motifs is 1. The highest BCUT2D eigenvalue weighted by atomic mass is 19.4. The molecule has 0 bridgehead atoms. The van der Waals surface area contributed by atoms with E-state index in [1.54, 1.807) is 30.3 Å². The molecule has 0 radical (unpaired) electrons. The Bertz CT molecular complexity index is 1300. The predicted molar refractivity (Wildman–Crippen MR) is 135 cm³/mol. The fourth-order valence-electron chi connectivity index (χ4n) is 4.87. The van der Waals surface area contributed by atoms with Crippen LogP contribution in [-0.4, -0.2) is 49.3 Å². The van der Waals surface area contributed by atoms with Gasteiger partial charge in [0.1, 0.15) is 35.7 Å². The predicted octanol–water partition coefficient (Wildman–Crippen LogP) is 6.64. The molecule has 3 aromatic rings. The third-order valence-corrected chi connectivity index (χ3v) is 6.79. The smallest absolute Gasteiger partial charge is 0.508 e. The lowest BCUT2D eigenvalue weighted by Gasteiger charge is -2.37. The lowest BCUT2D eigenvalue weighted by atomic mass is 9.86. The largest absolute Gasteiger partial charge is 0.573 e. The summed E-state index contributed by atoms with van der Waals surface area (Å²) < 4.78 is 66.7. The molecule has 200 valence electrons. The van der Waals surface area contributed by atoms with Gasteiger partial charge in [-0.15, -0.1) is 13.2 Å². The number of rotatable bonds is 8. The van der Waals surface area contributed by atoms with Gasteiger partial charge in [0.25, 0.3) is 0 Å². The molecule has 2 aliphatic rings. The molecular weight excluding hydrogens is 502 g/mol. The van der Waals surface area contributed by atoms with Gasteiger partial charge in [-0.2, -0.15) is 0 Å². The molecule has 9 heteroatoms. The number of benzene rings is 3. The minimum atomic E-state index is -4.77. The average Bonchev–Trinajstić information content (AvgIpc) is 2.85. The molecule has 0 saturated carbocycles. The van der Waals surface area contributed by atoms with Crippen LogP contribution in [0.15, 0.2) is 66.7 Å². The SMILES string of the molecule is CC1=C(c2ccc(OC(F)(F)F)cc2)[C@H](c2ccc(OCCN3CC(CF)C3)cc2)Oc2cc(O)ccc21. The Kier molecular flexibility index (Phi) is 7.21. The van der Waals surface area contributed by atoms with Gasteiger partial charge in [-0.3, -0.25) is 9.29 Å². The van der Waals surface area contributed by atoms with Crippen LogP contribution in [0.25, 0.3) is 11.1 Å². The second kappa shape index (κ2) is 10.6. The molecule has 5 rings (SSSR count). The molecule has 2 aliphatic heterocycles. The number of nitrogens with zero attached hydrogens (tertiary/aromatic N) is 1. The molecule has 0 aliphatic carbocycles. The maximum absolute atomic E-state index is 12.6. The van der Waals surface area contributed by atoms with E-state index in [0.717, 1.165) is 41.9 Å². The van der Waals surface area contributed by atoms with Gasteiger partial charge in [-0.1, -0.05) is 24.3 Å². The van der Waals surface area contributed by atoms with Crippen molar-refractivity contribution < 1.29 is 36.9 Å². The number of phenols is 1. The summed E-state index contributed by atoms with van der Waals surface area (Å²) in [5.41, 5.74) is 3.94. The zero-order chi connectivity index (χ0) is 26.9. The highest BCUT2D eigenvalue weighted by molar-refractivity contribution is 5.95. The zero-order valence-electron chi connectivity index (χ0n) is 20.7. The maximum Gasteiger partial charge on any atom is 0.573 e. The molecule has 1 fully saturated rings. The van der Waals surface area contributed by atoms with E-state index in [0.29, 0.717) is 23.7 Å². The van der Waals surface area contributed by atoms with Gasteiger partial charge in [-0.05, 0) is 60.0 Å². The number of aromatic hydroxyl groups is 1. The molecule has 1 N–H and O–H groups in total. The van der Waals surface area contributed by atoms with E-state index in [2.05, 4.69) is 9.64 Å². The van der Waals surface area contributed by atoms with Crippen molar-refractivity contribution >= 4 is 11.1 Å². The molecule has 5 nitrogen and oxygen atoms in total. The molecule has 3 aromatic carbocycles. The normalized spacial score (nSPS) is 18.0. The Morgan fingerprint density at radius 1 is 0.974 bits per heavy atom. The summed E-state index contributed by atoms with van der Waals surface area (Å²) in [5, 5.41) is 10.0. The van der Waals surface area contributed by atoms with E-state index >= 15 is 0 Å². The molecule has 2 heterocycles. The van der Waals surface area contributed by atoms with Crippen LogP contribution >= 0.6 is 0 Å². The first-order chi connectivity index (χ1) is 18.2. The van der Waals surface area contributed by atoms with Crippen LogP contribution in [0.3, 0.4) is 0 Å². The van der Waals surface area contributed by atoms with Crippen LogP contribution in [0.5, 0.6) is 23.0 Å². The van der Waals surface area contributed by atoms with Crippen molar-refractivity contribution in [2.75, 3.05) is 32.9 Å². The number of likely N-dealkylation sites (tertiary alicyclic amines) is 1. The van der Waals surface area contributed by atoms with E-state index in [1.165, 1.54) is 12.1 Å². The van der Waals surface area contributed by atoms with Gasteiger partial charge in [0.2, 0.25) is 0 Å². The number of ether oxygens (including phenoxy) is 3. The van der Waals surface area contributed by atoms with Crippen molar-refractivity contribution in [2.24, 2.45) is 5.92 Å². The summed E-state index contributed by atoms with van der Waals surface area (Å²) in [7, 11) is 0. The molecule has 0 unspecified atom stereocenters. The molecule has 1 atom stereocenters. The van der Waals surface area contributed by atoms with E-state index in [1.807, 2.05) is 31.2 Å². The molecule has 0 spiro atoms. The molecule has 38 heavy (non-hydrogen) atoms. The van der Waals surface area contributed by atoms with Crippen LogP contribution in [0.4, 0.5) is 17.6 Å². The Hall–Kier alpha value is -3.72. The van der Waals surface area contributed by atoms with Gasteiger partial charge in [0.15, 0.2) is 0 Å². The Morgan fingerprint density at radius 3 is 2.32 bits per heavy atom. The van der Waals surface area contributed by atoms with E-state index in [4.69, 9.17) is 9.47 Å². The molecule has 0 amide bonds. The van der Waals surface area contributed by atoms with Gasteiger partial charge in [-0.25, -0.2) is 0 Å². The summed E-state index contributed by atoms with van der Waals surface area (Å²) in [6, 6.07) is 18.0. The Morgan fingerprint density at radius 2 is 1.66 bits per heavy atom. The Balaban J connectivity index is 1.38. The first-order valence-corrected chi connectivity index (χ1v) is 12.3. The van der Waals surface area contributed by atoms with Crippen LogP contribution in [-0.2, 0) is 0 Å². The standard InChI is InChI=1S/C29H27F4NO4/c1-18-25-11-6-22(35)14-26(25)37-28(27(18)20-2-9-24(10-3-20)38-29(31,32)33)21-4-7-23(8-5-21)36-13-12-34-16-19(15-30)17-34/h2-11,14,19,28,35H,12-13,15-17H2,1H3/t28-/m0/s1. The van der Waals surface area contributed by atoms with Crippen LogP contribution < -0.4 is 14.2 Å². The fourth-order valence-corrected chi connectivity index (χ4v) is 4.87. The summed E-state index contributed by atoms with van der Waals surface area (Å²) in [6.07, 6.45) is -5.35. The van der Waals surface area contributed by atoms with Crippen LogP contribution in [0.2, 0.25) is 0 Å². The average molecular weight is 530 g/mol. The van der Waals surface area contributed by atoms with Crippen molar-refractivity contribution in [3.8, 4) is 23.0 Å². The monoisotopic (exact) mass is 529 g/mol. The maximum atomic E-state index is 12.6. The van der Waals surface area contributed by atoms with Crippen LogP contribution in [0.1, 0.15) is 29.7 Å². The lowest BCUT2D eigenvalue weighted by molar-refractivity contribution is -0.274. The highest BCUT2D eigenvalue weighted by Gasteiger charge is 2.32. The van der Waals surface area contributed by atoms with Crippen molar-refractivity contribution in [1.29, 1.82) is 0 Å².